The highest BCUT2D eigenvalue weighted by molar-refractivity contribution is 7.19. The van der Waals surface area contributed by atoms with Gasteiger partial charge in [-0.3, -0.25) is 0 Å². The molecule has 0 unspecified atom stereocenters. The van der Waals surface area contributed by atoms with Crippen molar-refractivity contribution in [1.29, 1.82) is 0 Å². The molecule has 0 radical (unpaired) electrons. The molecule has 124 valence electrons. The molecule has 2 saturated heterocycles. The van der Waals surface area contributed by atoms with Gasteiger partial charge in [-0.2, -0.15) is 0 Å². The number of likely N-dealkylation sites (tertiary alicyclic amines) is 1. The Balaban J connectivity index is 1.55. The molecule has 0 spiro atoms. The molecule has 23 heavy (non-hydrogen) atoms. The lowest BCUT2D eigenvalue weighted by molar-refractivity contribution is 0.257. The number of hydrogen-bond acceptors (Lipinski definition) is 3. The first-order chi connectivity index (χ1) is 11.2. The van der Waals surface area contributed by atoms with Crippen LogP contribution in [0.25, 0.3) is 10.1 Å². The van der Waals surface area contributed by atoms with Crippen LogP contribution in [0.1, 0.15) is 55.0 Å². The predicted octanol–water partition coefficient (Wildman–Crippen LogP) is 4.77. The fourth-order valence-corrected chi connectivity index (χ4v) is 5.29. The third-order valence-electron chi connectivity index (χ3n) is 5.74. The van der Waals surface area contributed by atoms with Gasteiger partial charge in [-0.15, -0.1) is 11.3 Å². The van der Waals surface area contributed by atoms with Gasteiger partial charge in [0, 0.05) is 15.6 Å². The third-order valence-corrected chi connectivity index (χ3v) is 7.02. The number of benzene rings is 1. The Kier molecular flexibility index (Phi) is 4.44. The van der Waals surface area contributed by atoms with Crippen molar-refractivity contribution in [3.63, 3.8) is 0 Å². The molecule has 2 atom stereocenters. The Hall–Kier alpha value is -0.900. The van der Waals surface area contributed by atoms with Crippen molar-refractivity contribution in [3.05, 3.63) is 34.7 Å². The van der Waals surface area contributed by atoms with E-state index in [1.807, 2.05) is 11.3 Å². The summed E-state index contributed by atoms with van der Waals surface area (Å²) in [4.78, 5) is 4.06. The van der Waals surface area contributed by atoms with Gasteiger partial charge in [0.15, 0.2) is 0 Å². The van der Waals surface area contributed by atoms with Gasteiger partial charge < -0.3 is 10.2 Å². The van der Waals surface area contributed by atoms with Gasteiger partial charge in [0.05, 0.1) is 0 Å². The fraction of sp³-hybridized carbons (Fsp3) is 0.600. The van der Waals surface area contributed by atoms with Crippen LogP contribution >= 0.6 is 11.3 Å². The van der Waals surface area contributed by atoms with Gasteiger partial charge in [0.2, 0.25) is 0 Å². The van der Waals surface area contributed by atoms with Crippen LogP contribution in [0.4, 0.5) is 0 Å². The van der Waals surface area contributed by atoms with Crippen molar-refractivity contribution in [3.8, 4) is 0 Å². The van der Waals surface area contributed by atoms with E-state index in [1.54, 1.807) is 4.88 Å². The highest BCUT2D eigenvalue weighted by Crippen LogP contribution is 2.37. The van der Waals surface area contributed by atoms with Crippen molar-refractivity contribution < 1.29 is 0 Å². The smallest absolute Gasteiger partial charge is 0.0345 e. The number of thiophene rings is 1. The third kappa shape index (κ3) is 3.33. The van der Waals surface area contributed by atoms with Crippen LogP contribution in [0.5, 0.6) is 0 Å². The Morgan fingerprint density at radius 2 is 1.91 bits per heavy atom. The zero-order valence-electron chi connectivity index (χ0n) is 14.3. The zero-order chi connectivity index (χ0) is 15.8. The second-order valence-corrected chi connectivity index (χ2v) is 8.78. The maximum absolute atomic E-state index is 3.72. The molecular formula is C20H28N2S. The first-order valence-electron chi connectivity index (χ1n) is 9.14. The molecule has 1 N–H and O–H groups in total. The Morgan fingerprint density at radius 1 is 1.09 bits per heavy atom. The molecule has 2 aromatic rings. The van der Waals surface area contributed by atoms with E-state index in [9.17, 15) is 0 Å². The summed E-state index contributed by atoms with van der Waals surface area (Å²) >= 11 is 2.02. The number of fused-ring (bicyclic) bond motifs is 1. The number of rotatable bonds is 2. The lowest BCUT2D eigenvalue weighted by Crippen LogP contribution is -2.31. The second-order valence-electron chi connectivity index (χ2n) is 7.67. The molecular weight excluding hydrogens is 300 g/mol. The van der Waals surface area contributed by atoms with Crippen LogP contribution in [-0.2, 0) is 0 Å². The maximum atomic E-state index is 3.72. The van der Waals surface area contributed by atoms with Crippen LogP contribution < -0.4 is 5.32 Å². The van der Waals surface area contributed by atoms with Gasteiger partial charge >= 0.3 is 0 Å². The molecule has 1 aromatic heterocycles. The summed E-state index contributed by atoms with van der Waals surface area (Å²) < 4.78 is 1.46. The van der Waals surface area contributed by atoms with Crippen LogP contribution in [-0.4, -0.2) is 31.6 Å². The number of piperidine rings is 2. The number of hydrogen-bond donors (Lipinski definition) is 1. The zero-order valence-corrected chi connectivity index (χ0v) is 15.2. The summed E-state index contributed by atoms with van der Waals surface area (Å²) in [5.74, 6) is 1.60. The van der Waals surface area contributed by atoms with Gasteiger partial charge in [0.25, 0.3) is 0 Å². The van der Waals surface area contributed by atoms with Crippen LogP contribution in [0.2, 0.25) is 0 Å². The minimum absolute atomic E-state index is 0.558. The first-order valence-corrected chi connectivity index (χ1v) is 9.96. The summed E-state index contributed by atoms with van der Waals surface area (Å²) in [5, 5.41) is 5.18. The minimum Gasteiger partial charge on any atom is -0.310 e. The van der Waals surface area contributed by atoms with E-state index in [-0.39, 0.29) is 0 Å². The van der Waals surface area contributed by atoms with E-state index in [0.717, 1.165) is 18.4 Å². The van der Waals surface area contributed by atoms with Crippen molar-refractivity contribution in [1.82, 2.24) is 10.2 Å². The number of nitrogens with one attached hydrogen (secondary N) is 1. The second kappa shape index (κ2) is 6.54. The molecule has 0 aliphatic carbocycles. The molecule has 2 aliphatic heterocycles. The van der Waals surface area contributed by atoms with E-state index in [2.05, 4.69) is 48.5 Å². The normalized spacial score (nSPS) is 27.6. The van der Waals surface area contributed by atoms with Crippen molar-refractivity contribution in [2.45, 2.75) is 44.6 Å². The van der Waals surface area contributed by atoms with Crippen molar-refractivity contribution in [2.24, 2.45) is 5.92 Å². The van der Waals surface area contributed by atoms with Gasteiger partial charge in [0.1, 0.15) is 0 Å². The van der Waals surface area contributed by atoms with E-state index in [0.29, 0.717) is 6.04 Å². The highest BCUT2D eigenvalue weighted by Gasteiger charge is 2.22. The first kappa shape index (κ1) is 15.6. The highest BCUT2D eigenvalue weighted by atomic mass is 32.1. The van der Waals surface area contributed by atoms with Crippen molar-refractivity contribution >= 4 is 21.4 Å². The Morgan fingerprint density at radius 3 is 2.65 bits per heavy atom. The minimum atomic E-state index is 0.558. The van der Waals surface area contributed by atoms with E-state index >= 15 is 0 Å². The molecule has 2 nitrogen and oxygen atoms in total. The molecule has 3 heteroatoms. The standard InChI is InChI=1S/C20H28N2S/c1-14-3-5-18(21-13-14)16-4-6-19-17(11-16)12-20(23-19)15-7-9-22(2)10-8-15/h4,6,11-12,14-15,18,21H,3,5,7-10,13H2,1-2H3/t14-,18+/m0/s1. The quantitative estimate of drug-likeness (QED) is 0.854. The molecule has 1 aromatic carbocycles. The van der Waals surface area contributed by atoms with Crippen LogP contribution in [0, 0.1) is 5.92 Å². The maximum Gasteiger partial charge on any atom is 0.0345 e. The molecule has 0 saturated carbocycles. The Bertz CT molecular complexity index is 641. The molecule has 4 rings (SSSR count). The Labute approximate surface area is 143 Å². The van der Waals surface area contributed by atoms with E-state index in [4.69, 9.17) is 0 Å². The number of nitrogens with zero attached hydrogens (tertiary/aromatic N) is 1. The summed E-state index contributed by atoms with van der Waals surface area (Å²) in [6.45, 7) is 6.00. The molecule has 2 aliphatic rings. The summed E-state index contributed by atoms with van der Waals surface area (Å²) in [7, 11) is 2.24. The predicted molar refractivity (Wildman–Crippen MR) is 100 cm³/mol. The van der Waals surface area contributed by atoms with Gasteiger partial charge in [-0.25, -0.2) is 0 Å². The summed E-state index contributed by atoms with van der Waals surface area (Å²) in [6, 6.07) is 10.2. The lowest BCUT2D eigenvalue weighted by atomic mass is 9.91. The van der Waals surface area contributed by atoms with Gasteiger partial charge in [-0.05, 0) is 93.3 Å². The molecule has 0 amide bonds. The SMILES string of the molecule is C[C@H]1CC[C@H](c2ccc3sc(C4CCN(C)CC4)cc3c2)NC1. The van der Waals surface area contributed by atoms with Crippen LogP contribution in [0.15, 0.2) is 24.3 Å². The van der Waals surface area contributed by atoms with Crippen LogP contribution in [0.3, 0.4) is 0 Å². The van der Waals surface area contributed by atoms with E-state index < -0.39 is 0 Å². The largest absolute Gasteiger partial charge is 0.310 e. The summed E-state index contributed by atoms with van der Waals surface area (Å²) in [5.41, 5.74) is 1.48. The van der Waals surface area contributed by atoms with Crippen molar-refractivity contribution in [2.75, 3.05) is 26.7 Å². The average molecular weight is 329 g/mol. The molecule has 2 fully saturated rings. The topological polar surface area (TPSA) is 15.3 Å². The lowest BCUT2D eigenvalue weighted by Gasteiger charge is -2.28. The molecule has 0 bridgehead atoms. The van der Waals surface area contributed by atoms with Gasteiger partial charge in [-0.1, -0.05) is 13.0 Å². The monoisotopic (exact) mass is 328 g/mol. The molecule has 3 heterocycles. The van der Waals surface area contributed by atoms with E-state index in [1.165, 1.54) is 54.4 Å². The average Bonchev–Trinajstić information content (AvgIpc) is 2.99. The summed E-state index contributed by atoms with van der Waals surface area (Å²) in [6.07, 6.45) is 5.26. The fourth-order valence-electron chi connectivity index (χ4n) is 4.08.